The average Bonchev–Trinajstić information content (AvgIpc) is 1.87. The molecule has 2 atom stereocenters. The van der Waals surface area contributed by atoms with Gasteiger partial charge in [-0.15, -0.1) is 0 Å². The van der Waals surface area contributed by atoms with Gasteiger partial charge in [0.05, 0.1) is 0 Å². The van der Waals surface area contributed by atoms with E-state index in [1.807, 2.05) is 0 Å². The summed E-state index contributed by atoms with van der Waals surface area (Å²) >= 11 is 0. The first-order valence-electron chi connectivity index (χ1n) is 2.09. The number of aliphatic hydroxyl groups excluding tert-OH is 1. The van der Waals surface area contributed by atoms with Crippen LogP contribution in [0.2, 0.25) is 0 Å². The van der Waals surface area contributed by atoms with E-state index < -0.39 is 13.9 Å². The lowest BCUT2D eigenvalue weighted by Crippen LogP contribution is -1.98. The van der Waals surface area contributed by atoms with Crippen LogP contribution in [0.1, 0.15) is 0 Å². The van der Waals surface area contributed by atoms with Crippen molar-refractivity contribution in [1.29, 1.82) is 0 Å². The molecule has 0 aromatic heterocycles. The Hall–Kier alpha value is -0.200. The molecular formula is C4H6O2P+. The van der Waals surface area contributed by atoms with E-state index in [9.17, 15) is 4.57 Å². The highest BCUT2D eigenvalue weighted by Crippen LogP contribution is 2.29. The Balaban J connectivity index is 2.58. The highest BCUT2D eigenvalue weighted by Gasteiger charge is 2.23. The number of aliphatic hydroxyl groups is 1. The normalized spacial score (nSPS) is 34.4. The lowest BCUT2D eigenvalue weighted by Gasteiger charge is -1.81. The van der Waals surface area contributed by atoms with Gasteiger partial charge in [-0.2, -0.15) is 0 Å². The molecule has 0 saturated heterocycles. The third kappa shape index (κ3) is 1.08. The van der Waals surface area contributed by atoms with E-state index in [-0.39, 0.29) is 0 Å². The quantitative estimate of drug-likeness (QED) is 0.474. The molecule has 0 aromatic rings. The lowest BCUT2D eigenvalue weighted by atomic mass is 10.4. The molecule has 0 amide bonds. The van der Waals surface area contributed by atoms with Gasteiger partial charge in [0.15, 0.2) is 12.0 Å². The van der Waals surface area contributed by atoms with E-state index in [1.54, 1.807) is 11.9 Å². The van der Waals surface area contributed by atoms with E-state index in [1.165, 1.54) is 0 Å². The van der Waals surface area contributed by atoms with Crippen LogP contribution in [0.5, 0.6) is 0 Å². The summed E-state index contributed by atoms with van der Waals surface area (Å²) in [7, 11) is -1.18. The summed E-state index contributed by atoms with van der Waals surface area (Å²) in [6.45, 7) is 0. The molecule has 0 bridgehead atoms. The zero-order valence-electron chi connectivity index (χ0n) is 3.74. The SMILES string of the molecule is O=[P+]1C=CC(O)C1. The third-order valence-electron chi connectivity index (χ3n) is 0.841. The molecule has 2 unspecified atom stereocenters. The summed E-state index contributed by atoms with van der Waals surface area (Å²) in [6, 6.07) is 0. The van der Waals surface area contributed by atoms with E-state index in [0.717, 1.165) is 0 Å². The van der Waals surface area contributed by atoms with E-state index in [2.05, 4.69) is 0 Å². The van der Waals surface area contributed by atoms with Gasteiger partial charge in [0, 0.05) is 0 Å². The minimum Gasteiger partial charge on any atom is -0.384 e. The zero-order valence-corrected chi connectivity index (χ0v) is 4.64. The summed E-state index contributed by atoms with van der Waals surface area (Å²) in [5.41, 5.74) is 0. The Morgan fingerprint density at radius 1 is 1.86 bits per heavy atom. The van der Waals surface area contributed by atoms with Gasteiger partial charge >= 0.3 is 7.80 Å². The standard InChI is InChI=1S/C4H6O2P/c5-4-1-2-7(6)3-4/h1-2,4-5H,3H2/q+1. The smallest absolute Gasteiger partial charge is 0.372 e. The topological polar surface area (TPSA) is 37.3 Å². The molecular weight excluding hydrogens is 111 g/mol. The summed E-state index contributed by atoms with van der Waals surface area (Å²) in [5, 5.41) is 8.63. The van der Waals surface area contributed by atoms with Crippen LogP contribution in [0.15, 0.2) is 11.9 Å². The molecule has 0 aromatic carbocycles. The van der Waals surface area contributed by atoms with E-state index >= 15 is 0 Å². The van der Waals surface area contributed by atoms with Gasteiger partial charge in [0.25, 0.3) is 0 Å². The third-order valence-corrected chi connectivity index (χ3v) is 2.08. The van der Waals surface area contributed by atoms with Gasteiger partial charge < -0.3 is 5.11 Å². The van der Waals surface area contributed by atoms with Crippen molar-refractivity contribution in [2.45, 2.75) is 6.10 Å². The maximum atomic E-state index is 10.4. The second kappa shape index (κ2) is 1.73. The molecule has 38 valence electrons. The summed E-state index contributed by atoms with van der Waals surface area (Å²) in [4.78, 5) is 0. The van der Waals surface area contributed by atoms with Crippen LogP contribution in [0.4, 0.5) is 0 Å². The van der Waals surface area contributed by atoms with Crippen LogP contribution in [0.25, 0.3) is 0 Å². The molecule has 1 heterocycles. The van der Waals surface area contributed by atoms with E-state index in [0.29, 0.717) is 6.16 Å². The fraction of sp³-hybridized carbons (Fsp3) is 0.500. The molecule has 1 aliphatic rings. The van der Waals surface area contributed by atoms with Gasteiger partial charge in [-0.1, -0.05) is 4.57 Å². The first-order chi connectivity index (χ1) is 3.29. The number of rotatable bonds is 0. The molecule has 1 aliphatic heterocycles. The Bertz CT molecular complexity index is 119. The molecule has 7 heavy (non-hydrogen) atoms. The van der Waals surface area contributed by atoms with Crippen molar-refractivity contribution in [3.8, 4) is 0 Å². The molecule has 0 fully saturated rings. The van der Waals surface area contributed by atoms with Gasteiger partial charge in [-0.05, 0) is 6.08 Å². The fourth-order valence-corrected chi connectivity index (χ4v) is 1.50. The second-order valence-corrected chi connectivity index (χ2v) is 3.01. The number of hydrogen-bond donors (Lipinski definition) is 1. The first kappa shape index (κ1) is 4.95. The van der Waals surface area contributed by atoms with Crippen molar-refractivity contribution in [3.63, 3.8) is 0 Å². The summed E-state index contributed by atoms with van der Waals surface area (Å²) in [5.74, 6) is 1.56. The predicted molar refractivity (Wildman–Crippen MR) is 27.6 cm³/mol. The molecule has 0 saturated carbocycles. The van der Waals surface area contributed by atoms with Crippen LogP contribution in [-0.2, 0) is 4.57 Å². The van der Waals surface area contributed by atoms with Crippen LogP contribution < -0.4 is 0 Å². The monoisotopic (exact) mass is 117 g/mol. The molecule has 1 rings (SSSR count). The molecule has 2 nitrogen and oxygen atoms in total. The van der Waals surface area contributed by atoms with Gasteiger partial charge in [-0.25, -0.2) is 0 Å². The second-order valence-electron chi connectivity index (χ2n) is 1.51. The zero-order chi connectivity index (χ0) is 5.28. The Labute approximate surface area is 42.6 Å². The summed E-state index contributed by atoms with van der Waals surface area (Å²) < 4.78 is 10.4. The highest BCUT2D eigenvalue weighted by molar-refractivity contribution is 7.48. The molecule has 3 heteroatoms. The molecule has 0 spiro atoms. The Morgan fingerprint density at radius 2 is 2.57 bits per heavy atom. The van der Waals surface area contributed by atoms with Crippen molar-refractivity contribution < 1.29 is 9.67 Å². The predicted octanol–water partition coefficient (Wildman–Crippen LogP) is 0.702. The van der Waals surface area contributed by atoms with E-state index in [4.69, 9.17) is 5.11 Å². The van der Waals surface area contributed by atoms with Crippen molar-refractivity contribution >= 4 is 7.80 Å². The van der Waals surface area contributed by atoms with Crippen LogP contribution in [-0.4, -0.2) is 17.4 Å². The Morgan fingerprint density at radius 3 is 2.71 bits per heavy atom. The first-order valence-corrected chi connectivity index (χ1v) is 3.60. The minimum absolute atomic E-state index is 0.426. The lowest BCUT2D eigenvalue weighted by molar-refractivity contribution is 0.249. The highest BCUT2D eigenvalue weighted by atomic mass is 31.1. The number of hydrogen-bond acceptors (Lipinski definition) is 2. The fourth-order valence-electron chi connectivity index (χ4n) is 0.501. The van der Waals surface area contributed by atoms with Crippen LogP contribution >= 0.6 is 7.80 Å². The molecule has 0 aliphatic carbocycles. The van der Waals surface area contributed by atoms with Crippen LogP contribution in [0.3, 0.4) is 0 Å². The maximum Gasteiger partial charge on any atom is 0.372 e. The summed E-state index contributed by atoms with van der Waals surface area (Å²) in [6.07, 6.45) is 1.55. The van der Waals surface area contributed by atoms with Crippen LogP contribution in [0, 0.1) is 0 Å². The van der Waals surface area contributed by atoms with Crippen molar-refractivity contribution in [3.05, 3.63) is 11.9 Å². The Kier molecular flexibility index (Phi) is 1.22. The molecule has 0 radical (unpaired) electrons. The average molecular weight is 117 g/mol. The largest absolute Gasteiger partial charge is 0.384 e. The maximum absolute atomic E-state index is 10.4. The van der Waals surface area contributed by atoms with Gasteiger partial charge in [0.1, 0.15) is 6.10 Å². The van der Waals surface area contributed by atoms with Crippen molar-refractivity contribution in [1.82, 2.24) is 0 Å². The molecule has 1 N–H and O–H groups in total. The van der Waals surface area contributed by atoms with Crippen molar-refractivity contribution in [2.75, 3.05) is 6.16 Å². The minimum atomic E-state index is -1.18. The van der Waals surface area contributed by atoms with Gasteiger partial charge in [0.2, 0.25) is 0 Å². The van der Waals surface area contributed by atoms with Crippen molar-refractivity contribution in [2.24, 2.45) is 0 Å². The van der Waals surface area contributed by atoms with Gasteiger partial charge in [-0.3, -0.25) is 0 Å².